The van der Waals surface area contributed by atoms with Crippen molar-refractivity contribution in [1.29, 1.82) is 0 Å². The van der Waals surface area contributed by atoms with E-state index in [0.717, 1.165) is 6.07 Å². The molecule has 0 aromatic heterocycles. The van der Waals surface area contributed by atoms with Crippen molar-refractivity contribution in [2.45, 2.75) is 19.8 Å². The predicted octanol–water partition coefficient (Wildman–Crippen LogP) is 1.72. The molecule has 1 aromatic carbocycles. The number of nitrogens with zero attached hydrogens (tertiary/aromatic N) is 1. The van der Waals surface area contributed by atoms with E-state index in [0.29, 0.717) is 5.69 Å². The van der Waals surface area contributed by atoms with E-state index in [1.165, 1.54) is 31.0 Å². The third-order valence-electron chi connectivity index (χ3n) is 2.75. The van der Waals surface area contributed by atoms with E-state index in [2.05, 4.69) is 5.32 Å². The van der Waals surface area contributed by atoms with Crippen molar-refractivity contribution >= 4 is 23.5 Å². The Hall–Kier alpha value is -2.44. The molecule has 0 unspecified atom stereocenters. The lowest BCUT2D eigenvalue weighted by Gasteiger charge is -2.17. The number of halogens is 1. The van der Waals surface area contributed by atoms with Crippen LogP contribution in [0.3, 0.4) is 0 Å². The summed E-state index contributed by atoms with van der Waals surface area (Å²) in [5.41, 5.74) is 0.158. The molecular formula is C14H17FN2O4. The number of amides is 2. The monoisotopic (exact) mass is 296 g/mol. The third kappa shape index (κ3) is 5.21. The van der Waals surface area contributed by atoms with Crippen molar-refractivity contribution in [2.24, 2.45) is 0 Å². The number of nitrogens with one attached hydrogen (secondary N) is 1. The summed E-state index contributed by atoms with van der Waals surface area (Å²) in [6.07, 6.45) is 0.219. The van der Waals surface area contributed by atoms with Gasteiger partial charge < -0.3 is 15.3 Å². The number of anilines is 1. The van der Waals surface area contributed by atoms with Gasteiger partial charge in [0.1, 0.15) is 5.82 Å². The SMILES string of the molecule is CC(=O)Nc1ccc(F)c(C(=O)N(C)CCCC(=O)O)c1. The average Bonchev–Trinajstić information content (AvgIpc) is 2.39. The highest BCUT2D eigenvalue weighted by Crippen LogP contribution is 2.16. The van der Waals surface area contributed by atoms with Gasteiger partial charge in [-0.1, -0.05) is 0 Å². The highest BCUT2D eigenvalue weighted by Gasteiger charge is 2.17. The van der Waals surface area contributed by atoms with Gasteiger partial charge in [0.25, 0.3) is 5.91 Å². The van der Waals surface area contributed by atoms with Crippen LogP contribution in [-0.2, 0) is 9.59 Å². The highest BCUT2D eigenvalue weighted by molar-refractivity contribution is 5.97. The maximum atomic E-state index is 13.7. The van der Waals surface area contributed by atoms with Crippen molar-refractivity contribution in [3.8, 4) is 0 Å². The summed E-state index contributed by atoms with van der Waals surface area (Å²) >= 11 is 0. The van der Waals surface area contributed by atoms with Crippen molar-refractivity contribution in [3.05, 3.63) is 29.6 Å². The maximum Gasteiger partial charge on any atom is 0.303 e. The number of rotatable bonds is 6. The number of hydrogen-bond donors (Lipinski definition) is 2. The Morgan fingerprint density at radius 3 is 2.57 bits per heavy atom. The number of carboxylic acids is 1. The van der Waals surface area contributed by atoms with E-state index in [-0.39, 0.29) is 30.9 Å². The molecule has 21 heavy (non-hydrogen) atoms. The highest BCUT2D eigenvalue weighted by atomic mass is 19.1. The van der Waals surface area contributed by atoms with Crippen LogP contribution in [0.15, 0.2) is 18.2 Å². The second kappa shape index (κ2) is 7.37. The lowest BCUT2D eigenvalue weighted by molar-refractivity contribution is -0.137. The van der Waals surface area contributed by atoms with Gasteiger partial charge in [0, 0.05) is 32.6 Å². The lowest BCUT2D eigenvalue weighted by Crippen LogP contribution is -2.29. The average molecular weight is 296 g/mol. The number of benzene rings is 1. The largest absolute Gasteiger partial charge is 0.481 e. The van der Waals surface area contributed by atoms with Crippen molar-refractivity contribution in [1.82, 2.24) is 4.90 Å². The van der Waals surface area contributed by atoms with Gasteiger partial charge in [-0.25, -0.2) is 4.39 Å². The molecule has 114 valence electrons. The van der Waals surface area contributed by atoms with Crippen LogP contribution >= 0.6 is 0 Å². The number of aliphatic carboxylic acids is 1. The molecule has 0 saturated carbocycles. The predicted molar refractivity (Wildman–Crippen MR) is 74.5 cm³/mol. The van der Waals surface area contributed by atoms with Crippen LogP contribution in [0.5, 0.6) is 0 Å². The smallest absolute Gasteiger partial charge is 0.303 e. The van der Waals surface area contributed by atoms with Gasteiger partial charge in [-0.05, 0) is 24.6 Å². The lowest BCUT2D eigenvalue weighted by atomic mass is 10.1. The van der Waals surface area contributed by atoms with E-state index >= 15 is 0 Å². The number of carbonyl (C=O) groups is 3. The molecule has 1 rings (SSSR count). The molecule has 2 N–H and O–H groups in total. The van der Waals surface area contributed by atoms with Crippen LogP contribution in [0.1, 0.15) is 30.1 Å². The third-order valence-corrected chi connectivity index (χ3v) is 2.75. The normalized spacial score (nSPS) is 10.0. The van der Waals surface area contributed by atoms with Crippen molar-refractivity contribution < 1.29 is 23.9 Å². The van der Waals surface area contributed by atoms with Crippen molar-refractivity contribution in [3.63, 3.8) is 0 Å². The number of carbonyl (C=O) groups excluding carboxylic acids is 2. The van der Waals surface area contributed by atoms with Crippen LogP contribution in [0.2, 0.25) is 0 Å². The summed E-state index contributed by atoms with van der Waals surface area (Å²) in [5.74, 6) is -2.53. The first-order valence-electron chi connectivity index (χ1n) is 6.35. The Bertz CT molecular complexity index is 560. The summed E-state index contributed by atoms with van der Waals surface area (Å²) in [5, 5.41) is 11.0. The molecule has 0 spiro atoms. The number of carboxylic acid groups (broad SMARTS) is 1. The van der Waals surface area contributed by atoms with Gasteiger partial charge in [0.2, 0.25) is 5.91 Å². The first-order chi connectivity index (χ1) is 9.81. The Morgan fingerprint density at radius 1 is 1.33 bits per heavy atom. The Balaban J connectivity index is 2.80. The van der Waals surface area contributed by atoms with Gasteiger partial charge in [0.05, 0.1) is 5.56 Å². The van der Waals surface area contributed by atoms with E-state index in [1.807, 2.05) is 0 Å². The molecule has 0 bridgehead atoms. The molecule has 0 saturated heterocycles. The van der Waals surface area contributed by atoms with Crippen molar-refractivity contribution in [2.75, 3.05) is 18.9 Å². The standard InChI is InChI=1S/C14H17FN2O4/c1-9(18)16-10-5-6-12(15)11(8-10)14(21)17(2)7-3-4-13(19)20/h5-6,8H,3-4,7H2,1-2H3,(H,16,18)(H,19,20). The minimum absolute atomic E-state index is 0.0635. The van der Waals surface area contributed by atoms with Crippen LogP contribution in [0, 0.1) is 5.82 Å². The fourth-order valence-corrected chi connectivity index (χ4v) is 1.74. The zero-order chi connectivity index (χ0) is 16.0. The van der Waals surface area contributed by atoms with E-state index in [9.17, 15) is 18.8 Å². The van der Waals surface area contributed by atoms with E-state index < -0.39 is 17.7 Å². The molecule has 2 amide bonds. The topological polar surface area (TPSA) is 86.7 Å². The summed E-state index contributed by atoms with van der Waals surface area (Å²) < 4.78 is 13.7. The van der Waals surface area contributed by atoms with Crippen LogP contribution in [-0.4, -0.2) is 41.4 Å². The Kier molecular flexibility index (Phi) is 5.83. The molecule has 0 radical (unpaired) electrons. The molecular weight excluding hydrogens is 279 g/mol. The molecule has 0 aliphatic carbocycles. The minimum atomic E-state index is -0.949. The Morgan fingerprint density at radius 2 is 2.00 bits per heavy atom. The molecule has 1 aromatic rings. The van der Waals surface area contributed by atoms with E-state index in [4.69, 9.17) is 5.11 Å². The molecule has 0 fully saturated rings. The molecule has 0 aliphatic heterocycles. The Labute approximate surface area is 121 Å². The molecule has 0 aliphatic rings. The zero-order valence-corrected chi connectivity index (χ0v) is 11.9. The van der Waals surface area contributed by atoms with Gasteiger partial charge in [-0.2, -0.15) is 0 Å². The number of hydrogen-bond acceptors (Lipinski definition) is 3. The summed E-state index contributed by atoms with van der Waals surface area (Å²) in [6, 6.07) is 3.72. The quantitative estimate of drug-likeness (QED) is 0.837. The zero-order valence-electron chi connectivity index (χ0n) is 11.9. The second-order valence-corrected chi connectivity index (χ2v) is 4.60. The maximum absolute atomic E-state index is 13.7. The summed E-state index contributed by atoms with van der Waals surface area (Å²) in [6.45, 7) is 1.51. The van der Waals surface area contributed by atoms with Crippen LogP contribution < -0.4 is 5.32 Å². The molecule has 0 atom stereocenters. The summed E-state index contributed by atoms with van der Waals surface area (Å²) in [7, 11) is 1.47. The van der Waals surface area contributed by atoms with Gasteiger partial charge in [-0.15, -0.1) is 0 Å². The summed E-state index contributed by atoms with van der Waals surface area (Å²) in [4.78, 5) is 34.7. The fourth-order valence-electron chi connectivity index (χ4n) is 1.74. The minimum Gasteiger partial charge on any atom is -0.481 e. The molecule has 7 heteroatoms. The van der Waals surface area contributed by atoms with Crippen LogP contribution in [0.25, 0.3) is 0 Å². The first kappa shape index (κ1) is 16.6. The second-order valence-electron chi connectivity index (χ2n) is 4.60. The van der Waals surface area contributed by atoms with Crippen LogP contribution in [0.4, 0.5) is 10.1 Å². The van der Waals surface area contributed by atoms with Gasteiger partial charge in [0.15, 0.2) is 0 Å². The first-order valence-corrected chi connectivity index (χ1v) is 6.35. The van der Waals surface area contributed by atoms with Gasteiger partial charge in [-0.3, -0.25) is 14.4 Å². The van der Waals surface area contributed by atoms with E-state index in [1.54, 1.807) is 0 Å². The molecule has 6 nitrogen and oxygen atoms in total. The van der Waals surface area contributed by atoms with Gasteiger partial charge >= 0.3 is 5.97 Å². The molecule has 0 heterocycles. The fraction of sp³-hybridized carbons (Fsp3) is 0.357.